The molecule has 0 saturated carbocycles. The van der Waals surface area contributed by atoms with E-state index in [9.17, 15) is 23.1 Å². The lowest BCUT2D eigenvalue weighted by Crippen LogP contribution is -2.12. The van der Waals surface area contributed by atoms with Gasteiger partial charge >= 0.3 is 16.1 Å². The van der Waals surface area contributed by atoms with Crippen LogP contribution in [0.25, 0.3) is 22.3 Å². The molecular weight excluding hydrogens is 512 g/mol. The van der Waals surface area contributed by atoms with Crippen LogP contribution in [0.1, 0.15) is 26.3 Å². The van der Waals surface area contributed by atoms with Gasteiger partial charge in [-0.15, -0.1) is 0 Å². The van der Waals surface area contributed by atoms with Gasteiger partial charge in [0, 0.05) is 22.3 Å². The second-order valence-corrected chi connectivity index (χ2v) is 10.2. The van der Waals surface area contributed by atoms with Crippen molar-refractivity contribution in [3.05, 3.63) is 144 Å². The second-order valence-electron chi connectivity index (χ2n) is 8.69. The number of hydrogen-bond acceptors (Lipinski definition) is 5. The maximum Gasteiger partial charge on any atom is 0.339 e. The zero-order valence-electron chi connectivity index (χ0n) is 20.5. The van der Waals surface area contributed by atoms with Crippen LogP contribution in [0, 0.1) is 0 Å². The highest BCUT2D eigenvalue weighted by atomic mass is 32.2. The van der Waals surface area contributed by atoms with Gasteiger partial charge in [-0.2, -0.15) is 8.42 Å². The van der Waals surface area contributed by atoms with Gasteiger partial charge < -0.3 is 9.29 Å². The van der Waals surface area contributed by atoms with E-state index < -0.39 is 16.1 Å². The summed E-state index contributed by atoms with van der Waals surface area (Å²) in [5.74, 6) is -1.33. The molecule has 0 heterocycles. The zero-order chi connectivity index (χ0) is 27.4. The summed E-state index contributed by atoms with van der Waals surface area (Å²) in [6.07, 6.45) is 0. The van der Waals surface area contributed by atoms with Crippen LogP contribution in [0.4, 0.5) is 0 Å². The summed E-state index contributed by atoms with van der Waals surface area (Å²) in [5, 5.41) is 9.18. The zero-order valence-corrected chi connectivity index (χ0v) is 21.3. The molecule has 5 aromatic rings. The first-order valence-electron chi connectivity index (χ1n) is 12.0. The van der Waals surface area contributed by atoms with Gasteiger partial charge in [-0.25, -0.2) is 4.79 Å². The van der Waals surface area contributed by atoms with Gasteiger partial charge in [0.05, 0.1) is 5.56 Å². The van der Waals surface area contributed by atoms with Crippen LogP contribution in [0.2, 0.25) is 0 Å². The van der Waals surface area contributed by atoms with E-state index >= 15 is 0 Å². The molecule has 0 bridgehead atoms. The van der Waals surface area contributed by atoms with Crippen LogP contribution in [0.3, 0.4) is 0 Å². The maximum absolute atomic E-state index is 13.5. The third-order valence-electron chi connectivity index (χ3n) is 6.14. The number of carboxylic acid groups (broad SMARTS) is 1. The van der Waals surface area contributed by atoms with Crippen molar-refractivity contribution < 1.29 is 27.3 Å². The average Bonchev–Trinajstić information content (AvgIpc) is 2.98. The fraction of sp³-hybridized carbons (Fsp3) is 0. The van der Waals surface area contributed by atoms with Gasteiger partial charge in [-0.05, 0) is 47.5 Å². The van der Waals surface area contributed by atoms with Gasteiger partial charge in [-0.3, -0.25) is 4.79 Å². The number of carboxylic acids is 1. The lowest BCUT2D eigenvalue weighted by atomic mass is 9.92. The lowest BCUT2D eigenvalue weighted by Gasteiger charge is -2.18. The summed E-state index contributed by atoms with van der Waals surface area (Å²) >= 11 is 0. The summed E-state index contributed by atoms with van der Waals surface area (Å²) in [7, 11) is -4.38. The van der Waals surface area contributed by atoms with Crippen molar-refractivity contribution in [2.75, 3.05) is 0 Å². The van der Waals surface area contributed by atoms with E-state index in [1.807, 2.05) is 66.7 Å². The van der Waals surface area contributed by atoms with Gasteiger partial charge in [0.15, 0.2) is 11.5 Å². The smallest absolute Gasteiger partial charge is 0.339 e. The highest BCUT2D eigenvalue weighted by molar-refractivity contribution is 7.87. The Morgan fingerprint density at radius 2 is 1.03 bits per heavy atom. The summed E-state index contributed by atoms with van der Waals surface area (Å²) in [6, 6.07) is 35.0. The maximum atomic E-state index is 13.5. The van der Waals surface area contributed by atoms with E-state index in [0.29, 0.717) is 33.4 Å². The quantitative estimate of drug-likeness (QED) is 0.175. The number of carbonyl (C=O) groups excluding carboxylic acids is 1. The predicted molar refractivity (Wildman–Crippen MR) is 148 cm³/mol. The Balaban J connectivity index is 1.73. The topological polar surface area (TPSA) is 97.7 Å². The van der Waals surface area contributed by atoms with Crippen molar-refractivity contribution in [3.63, 3.8) is 0 Å². The average molecular weight is 535 g/mol. The van der Waals surface area contributed by atoms with E-state index in [0.717, 1.165) is 0 Å². The van der Waals surface area contributed by atoms with Crippen LogP contribution in [-0.2, 0) is 10.1 Å². The molecule has 0 spiro atoms. The molecule has 1 N–H and O–H groups in total. The first-order chi connectivity index (χ1) is 18.8. The number of ketones is 1. The van der Waals surface area contributed by atoms with Crippen LogP contribution < -0.4 is 4.18 Å². The number of aromatic carboxylic acids is 1. The van der Waals surface area contributed by atoms with E-state index in [-0.39, 0.29) is 22.0 Å². The van der Waals surface area contributed by atoms with Crippen LogP contribution in [0.15, 0.2) is 132 Å². The number of rotatable bonds is 8. The van der Waals surface area contributed by atoms with Gasteiger partial charge in [0.2, 0.25) is 0 Å². The summed E-state index contributed by atoms with van der Waals surface area (Å²) < 4.78 is 32.7. The molecule has 0 radical (unpaired) electrons. The number of benzene rings is 5. The molecule has 192 valence electrons. The molecule has 0 unspecified atom stereocenters. The minimum Gasteiger partial charge on any atom is -0.478 e. The fourth-order valence-corrected chi connectivity index (χ4v) is 5.16. The molecule has 5 rings (SSSR count). The molecule has 0 aliphatic carbocycles. The first kappa shape index (κ1) is 25.6. The monoisotopic (exact) mass is 534 g/mol. The molecule has 0 aliphatic rings. The molecule has 0 aliphatic heterocycles. The van der Waals surface area contributed by atoms with E-state index in [1.54, 1.807) is 36.4 Å². The highest BCUT2D eigenvalue weighted by Crippen LogP contribution is 2.42. The van der Waals surface area contributed by atoms with Gasteiger partial charge in [-0.1, -0.05) is 91.0 Å². The fourth-order valence-electron chi connectivity index (χ4n) is 4.19. The molecule has 7 heteroatoms. The Morgan fingerprint density at radius 3 is 1.49 bits per heavy atom. The Hall–Kier alpha value is -5.01. The van der Waals surface area contributed by atoms with Crippen molar-refractivity contribution in [3.8, 4) is 28.0 Å². The Bertz CT molecular complexity index is 1690. The van der Waals surface area contributed by atoms with Crippen molar-refractivity contribution in [2.24, 2.45) is 0 Å². The molecular formula is C32H22O6S. The molecule has 0 atom stereocenters. The molecule has 0 amide bonds. The molecule has 6 nitrogen and oxygen atoms in total. The Kier molecular flexibility index (Phi) is 7.08. The van der Waals surface area contributed by atoms with E-state index in [1.165, 1.54) is 24.3 Å². The largest absolute Gasteiger partial charge is 0.478 e. The van der Waals surface area contributed by atoms with Crippen molar-refractivity contribution in [1.82, 2.24) is 0 Å². The molecule has 39 heavy (non-hydrogen) atoms. The van der Waals surface area contributed by atoms with Crippen molar-refractivity contribution in [1.29, 1.82) is 0 Å². The first-order valence-corrected chi connectivity index (χ1v) is 13.4. The number of hydrogen-bond donors (Lipinski definition) is 1. The summed E-state index contributed by atoms with van der Waals surface area (Å²) in [5.41, 5.74) is 2.97. The minimum atomic E-state index is -4.38. The molecule has 0 saturated heterocycles. The van der Waals surface area contributed by atoms with E-state index in [4.69, 9.17) is 4.18 Å². The minimum absolute atomic E-state index is 0.0484. The second kappa shape index (κ2) is 10.8. The third kappa shape index (κ3) is 5.49. The highest BCUT2D eigenvalue weighted by Gasteiger charge is 2.25. The van der Waals surface area contributed by atoms with Crippen molar-refractivity contribution in [2.45, 2.75) is 4.90 Å². The van der Waals surface area contributed by atoms with Crippen LogP contribution in [0.5, 0.6) is 5.75 Å². The van der Waals surface area contributed by atoms with Crippen LogP contribution >= 0.6 is 0 Å². The number of carbonyl (C=O) groups is 2. The van der Waals surface area contributed by atoms with Gasteiger partial charge in [0.25, 0.3) is 0 Å². The molecule has 5 aromatic carbocycles. The standard InChI is InChI=1S/C32H22O6S/c33-30(24-14-8-3-9-15-24)26-20-28(22-10-4-1-5-11-22)31(29(21-26)23-12-6-2-7-13-23)38-39(36,37)27-18-16-25(17-19-27)32(34)35/h1-21H,(H,34,35). The third-order valence-corrected chi connectivity index (χ3v) is 7.38. The SMILES string of the molecule is O=C(O)c1ccc(S(=O)(=O)Oc2c(-c3ccccc3)cc(C(=O)c3ccccc3)cc2-c2ccccc2)cc1. The molecule has 0 aromatic heterocycles. The Labute approximate surface area is 225 Å². The van der Waals surface area contributed by atoms with Crippen LogP contribution in [-0.4, -0.2) is 25.3 Å². The van der Waals surface area contributed by atoms with Gasteiger partial charge in [0.1, 0.15) is 4.90 Å². The van der Waals surface area contributed by atoms with E-state index in [2.05, 4.69) is 0 Å². The summed E-state index contributed by atoms with van der Waals surface area (Å²) in [6.45, 7) is 0. The lowest BCUT2D eigenvalue weighted by molar-refractivity contribution is 0.0696. The normalized spacial score (nSPS) is 11.1. The van der Waals surface area contributed by atoms with Crippen molar-refractivity contribution >= 4 is 21.9 Å². The molecule has 0 fully saturated rings. The Morgan fingerprint density at radius 1 is 0.564 bits per heavy atom. The summed E-state index contributed by atoms with van der Waals surface area (Å²) in [4.78, 5) is 24.5. The predicted octanol–water partition coefficient (Wildman–Crippen LogP) is 6.72.